The highest BCUT2D eigenvalue weighted by molar-refractivity contribution is 6.16. The Hall–Kier alpha value is -2.70. The summed E-state index contributed by atoms with van der Waals surface area (Å²) in [4.78, 5) is 4.47. The molecule has 7 heteroatoms. The van der Waals surface area contributed by atoms with E-state index in [1.165, 1.54) is 0 Å². The van der Waals surface area contributed by atoms with Crippen molar-refractivity contribution >= 4 is 44.8 Å². The minimum absolute atomic E-state index is 0.170. The molecule has 0 bridgehead atoms. The molecule has 0 unspecified atom stereocenters. The van der Waals surface area contributed by atoms with Gasteiger partial charge in [0.1, 0.15) is 11.3 Å². The Bertz CT molecular complexity index is 908. The molecule has 0 saturated carbocycles. The van der Waals surface area contributed by atoms with Crippen molar-refractivity contribution in [2.24, 2.45) is 0 Å². The van der Waals surface area contributed by atoms with Gasteiger partial charge in [-0.15, -0.1) is 0 Å². The van der Waals surface area contributed by atoms with E-state index < -0.39 is 0 Å². The summed E-state index contributed by atoms with van der Waals surface area (Å²) >= 11 is 0. The van der Waals surface area contributed by atoms with E-state index in [-0.39, 0.29) is 5.92 Å². The maximum Gasteiger partial charge on any atom is 0.152 e. The van der Waals surface area contributed by atoms with Gasteiger partial charge in [-0.05, 0) is 24.0 Å². The Morgan fingerprint density at radius 2 is 1.83 bits per heavy atom. The van der Waals surface area contributed by atoms with Gasteiger partial charge in [0, 0.05) is 11.9 Å². The lowest BCUT2D eigenvalue weighted by Gasteiger charge is -2.16. The fraction of sp³-hybridized carbons (Fsp3) is 0.375. The molecule has 8 N–H and O–H groups in total. The first kappa shape index (κ1) is 15.2. The van der Waals surface area contributed by atoms with Crippen LogP contribution < -0.4 is 22.9 Å². The second-order valence-electron chi connectivity index (χ2n) is 6.17. The Balaban J connectivity index is 2.57. The Morgan fingerprint density at radius 3 is 2.43 bits per heavy atom. The molecule has 23 heavy (non-hydrogen) atoms. The quantitative estimate of drug-likeness (QED) is 0.548. The molecule has 3 aromatic rings. The zero-order chi connectivity index (χ0) is 16.9. The number of nitrogen functional groups attached to an aromatic ring is 4. The van der Waals surface area contributed by atoms with Crippen LogP contribution in [0.1, 0.15) is 38.7 Å². The number of benzene rings is 1. The largest absolute Gasteiger partial charge is 0.397 e. The van der Waals surface area contributed by atoms with Gasteiger partial charge in [-0.25, -0.2) is 9.67 Å². The number of aromatic nitrogens is 3. The SMILES string of the molecule is CCCn1nc2c(N)nc3cc(N)c(N)c(C(C)C)c3c2c1N. The summed E-state index contributed by atoms with van der Waals surface area (Å²) < 4.78 is 1.78. The molecule has 122 valence electrons. The molecule has 1 aromatic carbocycles. The number of hydrogen-bond donors (Lipinski definition) is 4. The summed E-state index contributed by atoms with van der Waals surface area (Å²) in [6.07, 6.45) is 0.926. The molecule has 0 spiro atoms. The summed E-state index contributed by atoms with van der Waals surface area (Å²) in [5.41, 5.74) is 28.1. The van der Waals surface area contributed by atoms with E-state index in [0.29, 0.717) is 34.0 Å². The first-order chi connectivity index (χ1) is 10.9. The molecule has 0 saturated heterocycles. The van der Waals surface area contributed by atoms with Crippen molar-refractivity contribution in [2.75, 3.05) is 22.9 Å². The monoisotopic (exact) mass is 313 g/mol. The summed E-state index contributed by atoms with van der Waals surface area (Å²) in [5.74, 6) is 1.11. The third-order valence-corrected chi connectivity index (χ3v) is 4.16. The minimum Gasteiger partial charge on any atom is -0.397 e. The van der Waals surface area contributed by atoms with Gasteiger partial charge >= 0.3 is 0 Å². The van der Waals surface area contributed by atoms with Crippen LogP contribution in [0.4, 0.5) is 23.0 Å². The fourth-order valence-electron chi connectivity index (χ4n) is 3.14. The second kappa shape index (κ2) is 5.19. The van der Waals surface area contributed by atoms with Crippen LogP contribution in [0, 0.1) is 0 Å². The van der Waals surface area contributed by atoms with Crippen LogP contribution in [-0.4, -0.2) is 14.8 Å². The maximum atomic E-state index is 6.36. The number of hydrogen-bond acceptors (Lipinski definition) is 6. The van der Waals surface area contributed by atoms with Crippen LogP contribution in [0.3, 0.4) is 0 Å². The molecule has 0 fully saturated rings. The van der Waals surface area contributed by atoms with E-state index in [9.17, 15) is 0 Å². The predicted molar refractivity (Wildman–Crippen MR) is 97.1 cm³/mol. The third kappa shape index (κ3) is 2.11. The number of aryl methyl sites for hydroxylation is 1. The van der Waals surface area contributed by atoms with Crippen LogP contribution in [0.2, 0.25) is 0 Å². The van der Waals surface area contributed by atoms with Crippen molar-refractivity contribution in [1.82, 2.24) is 14.8 Å². The molecular formula is C16H23N7. The molecule has 0 amide bonds. The standard InChI is InChI=1S/C16H23N7/c1-4-5-23-16(20)12-11-9(21-15(19)14(12)22-23)6-8(17)13(18)10(11)7(2)3/h6-7H,4-5,17-18,20H2,1-3H3,(H2,19,21). The van der Waals surface area contributed by atoms with Crippen LogP contribution in [-0.2, 0) is 6.54 Å². The van der Waals surface area contributed by atoms with E-state index in [1.807, 2.05) is 0 Å². The summed E-state index contributed by atoms with van der Waals surface area (Å²) in [6, 6.07) is 1.75. The lowest BCUT2D eigenvalue weighted by molar-refractivity contribution is 0.617. The zero-order valence-corrected chi connectivity index (χ0v) is 13.7. The van der Waals surface area contributed by atoms with Crippen molar-refractivity contribution in [3.63, 3.8) is 0 Å². The Labute approximate surface area is 134 Å². The first-order valence-electron chi connectivity index (χ1n) is 7.79. The lowest BCUT2D eigenvalue weighted by Crippen LogP contribution is -2.05. The molecule has 7 nitrogen and oxygen atoms in total. The number of nitrogens with two attached hydrogens (primary N) is 4. The van der Waals surface area contributed by atoms with Crippen LogP contribution in [0.5, 0.6) is 0 Å². The summed E-state index contributed by atoms with van der Waals surface area (Å²) in [7, 11) is 0. The minimum atomic E-state index is 0.170. The highest BCUT2D eigenvalue weighted by atomic mass is 15.3. The van der Waals surface area contributed by atoms with Gasteiger partial charge in [0.15, 0.2) is 5.82 Å². The highest BCUT2D eigenvalue weighted by Crippen LogP contribution is 2.41. The van der Waals surface area contributed by atoms with Crippen LogP contribution >= 0.6 is 0 Å². The van der Waals surface area contributed by atoms with E-state index >= 15 is 0 Å². The van der Waals surface area contributed by atoms with Gasteiger partial charge in [0.2, 0.25) is 0 Å². The number of anilines is 4. The molecule has 0 aliphatic heterocycles. The van der Waals surface area contributed by atoms with Gasteiger partial charge in [-0.1, -0.05) is 20.8 Å². The number of rotatable bonds is 3. The van der Waals surface area contributed by atoms with Crippen molar-refractivity contribution in [3.05, 3.63) is 11.6 Å². The third-order valence-electron chi connectivity index (χ3n) is 4.16. The molecule has 2 heterocycles. The van der Waals surface area contributed by atoms with Crippen LogP contribution in [0.15, 0.2) is 6.07 Å². The molecule has 0 aliphatic rings. The number of pyridine rings is 1. The van der Waals surface area contributed by atoms with E-state index in [1.54, 1.807) is 10.7 Å². The molecule has 2 aromatic heterocycles. The Kier molecular flexibility index (Phi) is 3.43. The number of nitrogens with zero attached hydrogens (tertiary/aromatic N) is 3. The van der Waals surface area contributed by atoms with Crippen molar-refractivity contribution < 1.29 is 0 Å². The fourth-order valence-corrected chi connectivity index (χ4v) is 3.14. The van der Waals surface area contributed by atoms with Crippen molar-refractivity contribution in [2.45, 2.75) is 39.7 Å². The predicted octanol–water partition coefficient (Wildman–Crippen LogP) is 2.45. The summed E-state index contributed by atoms with van der Waals surface area (Å²) in [6.45, 7) is 6.94. The molecule has 0 atom stereocenters. The number of fused-ring (bicyclic) bond motifs is 3. The maximum absolute atomic E-state index is 6.36. The Morgan fingerprint density at radius 1 is 1.13 bits per heavy atom. The first-order valence-corrected chi connectivity index (χ1v) is 7.79. The van der Waals surface area contributed by atoms with Gasteiger partial charge in [0.05, 0.1) is 22.3 Å². The smallest absolute Gasteiger partial charge is 0.152 e. The topological polar surface area (TPSA) is 135 Å². The normalized spacial score (nSPS) is 11.8. The van der Waals surface area contributed by atoms with Gasteiger partial charge < -0.3 is 22.9 Å². The summed E-state index contributed by atoms with van der Waals surface area (Å²) in [5, 5.41) is 6.25. The zero-order valence-electron chi connectivity index (χ0n) is 13.7. The van der Waals surface area contributed by atoms with Gasteiger partial charge in [-0.3, -0.25) is 0 Å². The van der Waals surface area contributed by atoms with Crippen molar-refractivity contribution in [1.29, 1.82) is 0 Å². The van der Waals surface area contributed by atoms with Gasteiger partial charge in [-0.2, -0.15) is 5.10 Å². The molecule has 0 radical (unpaired) electrons. The molecular weight excluding hydrogens is 290 g/mol. The molecule has 0 aliphatic carbocycles. The molecule has 3 rings (SSSR count). The highest BCUT2D eigenvalue weighted by Gasteiger charge is 2.21. The van der Waals surface area contributed by atoms with E-state index in [4.69, 9.17) is 22.9 Å². The lowest BCUT2D eigenvalue weighted by atomic mass is 9.93. The van der Waals surface area contributed by atoms with Crippen LogP contribution in [0.25, 0.3) is 21.8 Å². The van der Waals surface area contributed by atoms with Gasteiger partial charge in [0.25, 0.3) is 0 Å². The average Bonchev–Trinajstić information content (AvgIpc) is 2.80. The van der Waals surface area contributed by atoms with Crippen molar-refractivity contribution in [3.8, 4) is 0 Å². The average molecular weight is 313 g/mol. The van der Waals surface area contributed by atoms with E-state index in [0.717, 1.165) is 29.3 Å². The second-order valence-corrected chi connectivity index (χ2v) is 6.17. The van der Waals surface area contributed by atoms with E-state index in [2.05, 4.69) is 30.9 Å².